The van der Waals surface area contributed by atoms with E-state index in [0.29, 0.717) is 0 Å². The van der Waals surface area contributed by atoms with Crippen molar-refractivity contribution in [2.45, 2.75) is 40.7 Å². The van der Waals surface area contributed by atoms with Crippen molar-refractivity contribution in [2.75, 3.05) is 5.75 Å². The van der Waals surface area contributed by atoms with E-state index in [2.05, 4.69) is 22.4 Å². The molecule has 0 fully saturated rings. The van der Waals surface area contributed by atoms with Crippen LogP contribution in [0.4, 0.5) is 4.39 Å². The summed E-state index contributed by atoms with van der Waals surface area (Å²) < 4.78 is 14.6. The van der Waals surface area contributed by atoms with Crippen LogP contribution in [0.15, 0.2) is 32.9 Å². The van der Waals surface area contributed by atoms with Crippen LogP contribution in [0.5, 0.6) is 0 Å². The fraction of sp³-hybridized carbons (Fsp3) is 0.400. The zero-order chi connectivity index (χ0) is 16.8. The highest BCUT2D eigenvalue weighted by Gasteiger charge is 2.19. The number of amides is 1. The first-order valence-corrected chi connectivity index (χ1v) is 9.86. The van der Waals surface area contributed by atoms with E-state index < -0.39 is 0 Å². The van der Waals surface area contributed by atoms with Crippen LogP contribution in [0.3, 0.4) is 0 Å². The number of nitrogens with zero attached hydrogens (tertiary/aromatic N) is 2. The molecule has 2 atom stereocenters. The van der Waals surface area contributed by atoms with Crippen LogP contribution in [-0.4, -0.2) is 27.1 Å². The van der Waals surface area contributed by atoms with Crippen molar-refractivity contribution in [3.8, 4) is 0 Å². The van der Waals surface area contributed by atoms with Crippen LogP contribution >= 0.6 is 34.9 Å². The second-order valence-electron chi connectivity index (χ2n) is 4.81. The van der Waals surface area contributed by atoms with Gasteiger partial charge in [-0.1, -0.05) is 53.9 Å². The van der Waals surface area contributed by atoms with Gasteiger partial charge in [0, 0.05) is 0 Å². The lowest BCUT2D eigenvalue weighted by Crippen LogP contribution is -2.33. The van der Waals surface area contributed by atoms with Gasteiger partial charge in [-0.25, -0.2) is 4.39 Å². The Bertz CT molecular complexity index is 648. The van der Waals surface area contributed by atoms with Gasteiger partial charge in [-0.15, -0.1) is 10.2 Å². The van der Waals surface area contributed by atoms with Crippen molar-refractivity contribution in [2.24, 2.45) is 0 Å². The van der Waals surface area contributed by atoms with E-state index in [-0.39, 0.29) is 23.0 Å². The van der Waals surface area contributed by atoms with Gasteiger partial charge in [-0.3, -0.25) is 4.79 Å². The van der Waals surface area contributed by atoms with E-state index in [9.17, 15) is 9.18 Å². The summed E-state index contributed by atoms with van der Waals surface area (Å²) in [4.78, 5) is 12.3. The van der Waals surface area contributed by atoms with Crippen LogP contribution < -0.4 is 5.32 Å². The molecule has 23 heavy (non-hydrogen) atoms. The van der Waals surface area contributed by atoms with Gasteiger partial charge in [0.1, 0.15) is 5.82 Å². The van der Waals surface area contributed by atoms with E-state index in [1.54, 1.807) is 23.9 Å². The normalized spacial score (nSPS) is 13.6. The molecule has 8 heteroatoms. The molecule has 1 heterocycles. The van der Waals surface area contributed by atoms with Crippen molar-refractivity contribution >= 4 is 40.8 Å². The molecule has 0 spiro atoms. The Hall–Kier alpha value is -1.12. The molecule has 4 nitrogen and oxygen atoms in total. The molecule has 0 radical (unpaired) electrons. The average Bonchev–Trinajstić information content (AvgIpc) is 2.95. The Morgan fingerprint density at radius 2 is 1.91 bits per heavy atom. The molecule has 1 aromatic heterocycles. The smallest absolute Gasteiger partial charge is 0.233 e. The maximum atomic E-state index is 12.9. The van der Waals surface area contributed by atoms with Crippen molar-refractivity contribution in [1.82, 2.24) is 15.5 Å². The Morgan fingerprint density at radius 3 is 2.57 bits per heavy atom. The minimum Gasteiger partial charge on any atom is -0.349 e. The number of benzene rings is 1. The van der Waals surface area contributed by atoms with Crippen LogP contribution in [0.1, 0.15) is 32.4 Å². The molecule has 0 aliphatic rings. The quantitative estimate of drug-likeness (QED) is 0.741. The maximum absolute atomic E-state index is 12.9. The van der Waals surface area contributed by atoms with Gasteiger partial charge in [0.05, 0.1) is 11.3 Å². The lowest BCUT2D eigenvalue weighted by atomic mass is 10.1. The molecule has 0 unspecified atom stereocenters. The molecule has 2 rings (SSSR count). The first kappa shape index (κ1) is 18.2. The van der Waals surface area contributed by atoms with Crippen LogP contribution in [0.2, 0.25) is 0 Å². The summed E-state index contributed by atoms with van der Waals surface area (Å²) in [5.41, 5.74) is 0.870. The van der Waals surface area contributed by atoms with Gasteiger partial charge >= 0.3 is 0 Å². The highest BCUT2D eigenvalue weighted by atomic mass is 32.2. The topological polar surface area (TPSA) is 54.9 Å². The Morgan fingerprint density at radius 1 is 1.26 bits per heavy atom. The van der Waals surface area contributed by atoms with Crippen LogP contribution in [0, 0.1) is 5.82 Å². The van der Waals surface area contributed by atoms with Crippen LogP contribution in [0.25, 0.3) is 0 Å². The van der Waals surface area contributed by atoms with Gasteiger partial charge in [-0.05, 0) is 37.3 Å². The second-order valence-corrected chi connectivity index (χ2v) is 8.89. The molecule has 0 bridgehead atoms. The summed E-state index contributed by atoms with van der Waals surface area (Å²) in [5, 5.41) is 10.8. The Kier molecular flexibility index (Phi) is 6.86. The number of carbonyl (C=O) groups is 1. The molecule has 2 aromatic rings. The summed E-state index contributed by atoms with van der Waals surface area (Å²) >= 11 is 4.54. The van der Waals surface area contributed by atoms with E-state index in [4.69, 9.17) is 0 Å². The van der Waals surface area contributed by atoms with Crippen molar-refractivity contribution < 1.29 is 9.18 Å². The lowest BCUT2D eigenvalue weighted by molar-refractivity contribution is -0.120. The molecule has 0 aliphatic heterocycles. The zero-order valence-corrected chi connectivity index (χ0v) is 15.5. The van der Waals surface area contributed by atoms with Crippen molar-refractivity contribution in [3.63, 3.8) is 0 Å². The van der Waals surface area contributed by atoms with Crippen LogP contribution in [-0.2, 0) is 4.79 Å². The number of carbonyl (C=O) groups excluding carboxylic acids is 1. The second kappa shape index (κ2) is 8.65. The number of hydrogen-bond acceptors (Lipinski definition) is 6. The fourth-order valence-corrected chi connectivity index (χ4v) is 4.87. The molecule has 0 saturated heterocycles. The minimum absolute atomic E-state index is 0.0771. The minimum atomic E-state index is -0.284. The van der Waals surface area contributed by atoms with E-state index >= 15 is 0 Å². The predicted molar refractivity (Wildman–Crippen MR) is 94.6 cm³/mol. The summed E-state index contributed by atoms with van der Waals surface area (Å²) in [6.07, 6.45) is 0. The molecular formula is C15H18FN3OS3. The molecular weight excluding hydrogens is 353 g/mol. The average molecular weight is 372 g/mol. The van der Waals surface area contributed by atoms with E-state index in [0.717, 1.165) is 20.0 Å². The lowest BCUT2D eigenvalue weighted by Gasteiger charge is -2.17. The third-order valence-electron chi connectivity index (χ3n) is 3.03. The number of rotatable bonds is 7. The molecule has 0 saturated carbocycles. The third kappa shape index (κ3) is 5.47. The summed E-state index contributed by atoms with van der Waals surface area (Å²) in [6, 6.07) is 5.97. The monoisotopic (exact) mass is 371 g/mol. The molecule has 1 N–H and O–H groups in total. The van der Waals surface area contributed by atoms with Gasteiger partial charge in [0.25, 0.3) is 0 Å². The highest BCUT2D eigenvalue weighted by molar-refractivity contribution is 8.03. The largest absolute Gasteiger partial charge is 0.349 e. The van der Waals surface area contributed by atoms with Gasteiger partial charge in [-0.2, -0.15) is 0 Å². The van der Waals surface area contributed by atoms with Gasteiger partial charge in [0.2, 0.25) is 5.91 Å². The first-order chi connectivity index (χ1) is 11.0. The van der Waals surface area contributed by atoms with Gasteiger partial charge in [0.15, 0.2) is 8.68 Å². The Balaban J connectivity index is 1.89. The Labute approximate surface area is 147 Å². The number of nitrogens with one attached hydrogen (secondary N) is 1. The molecule has 124 valence electrons. The highest BCUT2D eigenvalue weighted by Crippen LogP contribution is 2.31. The predicted octanol–water partition coefficient (Wildman–Crippen LogP) is 4.15. The summed E-state index contributed by atoms with van der Waals surface area (Å²) in [7, 11) is 0. The molecule has 1 amide bonds. The molecule has 0 aliphatic carbocycles. The number of thioether (sulfide) groups is 2. The van der Waals surface area contributed by atoms with Crippen molar-refractivity contribution in [3.05, 3.63) is 35.6 Å². The van der Waals surface area contributed by atoms with E-state index in [1.165, 1.54) is 35.2 Å². The van der Waals surface area contributed by atoms with Crippen molar-refractivity contribution in [1.29, 1.82) is 0 Å². The zero-order valence-electron chi connectivity index (χ0n) is 13.1. The first-order valence-electron chi connectivity index (χ1n) is 7.18. The summed E-state index contributed by atoms with van der Waals surface area (Å²) in [6.45, 7) is 5.78. The van der Waals surface area contributed by atoms with E-state index in [1.807, 2.05) is 13.8 Å². The standard InChI is InChI=1S/C15H18FN3OS3/c1-4-21-14-18-19-15(23-14)22-10(3)13(20)17-9(2)11-5-7-12(16)8-6-11/h5-10H,4H2,1-3H3,(H,17,20)/t9-,10+/m0/s1. The number of hydrogen-bond donors (Lipinski definition) is 1. The fourth-order valence-electron chi connectivity index (χ4n) is 1.80. The SMILES string of the molecule is CCSc1nnc(S[C@H](C)C(=O)N[C@@H](C)c2ccc(F)cc2)s1. The number of halogens is 1. The summed E-state index contributed by atoms with van der Waals surface area (Å²) in [5.74, 6) is 0.588. The maximum Gasteiger partial charge on any atom is 0.233 e. The third-order valence-corrected chi connectivity index (χ3v) is 6.15. The van der Waals surface area contributed by atoms with Gasteiger partial charge < -0.3 is 5.32 Å². The molecule has 1 aromatic carbocycles. The number of aromatic nitrogens is 2.